The van der Waals surface area contributed by atoms with Crippen LogP contribution in [0, 0.1) is 0 Å². The average molecular weight is 324 g/mol. The van der Waals surface area contributed by atoms with E-state index in [1.54, 1.807) is 7.11 Å². The van der Waals surface area contributed by atoms with Crippen molar-refractivity contribution in [1.82, 2.24) is 10.6 Å². The lowest BCUT2D eigenvalue weighted by atomic mass is 10.0. The van der Waals surface area contributed by atoms with Gasteiger partial charge < -0.3 is 25.0 Å². The normalized spacial score (nSPS) is 16.8. The van der Waals surface area contributed by atoms with Crippen LogP contribution in [0.15, 0.2) is 24.3 Å². The molecule has 1 heterocycles. The summed E-state index contributed by atoms with van der Waals surface area (Å²) in [7, 11) is 1.69. The molecule has 1 atom stereocenters. The Labute approximate surface area is 138 Å². The van der Waals surface area contributed by atoms with Crippen LogP contribution >= 0.6 is 12.2 Å². The van der Waals surface area contributed by atoms with Crippen LogP contribution in [0.25, 0.3) is 0 Å². The maximum Gasteiger partial charge on any atom is 0.166 e. The van der Waals surface area contributed by atoms with E-state index in [-0.39, 0.29) is 0 Å². The van der Waals surface area contributed by atoms with E-state index in [1.165, 1.54) is 10.5 Å². The van der Waals surface area contributed by atoms with Gasteiger partial charge in [0.25, 0.3) is 0 Å². The molecular formula is C16H26N3O2S+. The highest BCUT2D eigenvalue weighted by Crippen LogP contribution is 2.15. The van der Waals surface area contributed by atoms with Crippen molar-refractivity contribution in [2.24, 2.45) is 0 Å². The van der Waals surface area contributed by atoms with Gasteiger partial charge in [0.05, 0.1) is 26.9 Å². The summed E-state index contributed by atoms with van der Waals surface area (Å²) >= 11 is 5.29. The Morgan fingerprint density at radius 2 is 1.95 bits per heavy atom. The minimum atomic E-state index is 0.353. The molecule has 1 aliphatic heterocycles. The van der Waals surface area contributed by atoms with E-state index >= 15 is 0 Å². The number of quaternary nitrogens is 1. The van der Waals surface area contributed by atoms with Crippen LogP contribution < -0.4 is 20.3 Å². The molecule has 3 N–H and O–H groups in total. The van der Waals surface area contributed by atoms with Crippen LogP contribution in [0.1, 0.15) is 18.5 Å². The number of benzene rings is 1. The Hall–Kier alpha value is -1.37. The Morgan fingerprint density at radius 1 is 1.27 bits per heavy atom. The number of ether oxygens (including phenoxy) is 2. The summed E-state index contributed by atoms with van der Waals surface area (Å²) < 4.78 is 10.7. The zero-order valence-electron chi connectivity index (χ0n) is 13.4. The number of morpholine rings is 1. The summed E-state index contributed by atoms with van der Waals surface area (Å²) in [6, 6.07) is 8.68. The van der Waals surface area contributed by atoms with Crippen molar-refractivity contribution in [2.75, 3.05) is 46.5 Å². The summed E-state index contributed by atoms with van der Waals surface area (Å²) in [5.41, 5.74) is 1.30. The van der Waals surface area contributed by atoms with E-state index in [0.29, 0.717) is 11.2 Å². The van der Waals surface area contributed by atoms with Gasteiger partial charge in [-0.05, 0) is 43.4 Å². The Bertz CT molecular complexity index is 461. The highest BCUT2D eigenvalue weighted by molar-refractivity contribution is 7.80. The van der Waals surface area contributed by atoms with Crippen molar-refractivity contribution in [3.05, 3.63) is 29.8 Å². The van der Waals surface area contributed by atoms with Crippen LogP contribution in [0.5, 0.6) is 5.75 Å². The highest BCUT2D eigenvalue weighted by Gasteiger charge is 2.26. The maximum atomic E-state index is 5.49. The average Bonchev–Trinajstić information content (AvgIpc) is 2.57. The molecule has 1 saturated heterocycles. The lowest BCUT2D eigenvalue weighted by molar-refractivity contribution is -0.937. The zero-order valence-corrected chi connectivity index (χ0v) is 14.2. The first kappa shape index (κ1) is 17.0. The van der Waals surface area contributed by atoms with Crippen LogP contribution in [0.4, 0.5) is 0 Å². The van der Waals surface area contributed by atoms with Crippen LogP contribution in [-0.2, 0) is 4.74 Å². The van der Waals surface area contributed by atoms with E-state index < -0.39 is 0 Å². The van der Waals surface area contributed by atoms with Gasteiger partial charge >= 0.3 is 0 Å². The predicted molar refractivity (Wildman–Crippen MR) is 91.5 cm³/mol. The van der Waals surface area contributed by atoms with Gasteiger partial charge in [0, 0.05) is 12.1 Å². The van der Waals surface area contributed by atoms with Crippen molar-refractivity contribution < 1.29 is 14.4 Å². The van der Waals surface area contributed by atoms with Gasteiger partial charge in [-0.1, -0.05) is 0 Å². The first-order valence-corrected chi connectivity index (χ1v) is 8.23. The molecule has 0 bridgehead atoms. The monoisotopic (exact) mass is 324 g/mol. The first-order valence-electron chi connectivity index (χ1n) is 7.82. The molecule has 0 radical (unpaired) electrons. The van der Waals surface area contributed by atoms with E-state index in [4.69, 9.17) is 21.7 Å². The molecule has 1 aromatic carbocycles. The summed E-state index contributed by atoms with van der Waals surface area (Å²) in [5.74, 6) is 0.885. The molecule has 0 aromatic heterocycles. The van der Waals surface area contributed by atoms with E-state index in [9.17, 15) is 0 Å². The van der Waals surface area contributed by atoms with E-state index in [2.05, 4.69) is 22.8 Å². The summed E-state index contributed by atoms with van der Waals surface area (Å²) in [6.45, 7) is 7.37. The maximum absolute atomic E-state index is 5.49. The predicted octanol–water partition coefficient (Wildman–Crippen LogP) is 0.135. The van der Waals surface area contributed by atoms with Gasteiger partial charge in [-0.3, -0.25) is 0 Å². The molecule has 1 aliphatic rings. The molecule has 0 amide bonds. The summed E-state index contributed by atoms with van der Waals surface area (Å²) in [4.78, 5) is 1.53. The summed E-state index contributed by atoms with van der Waals surface area (Å²) in [6.07, 6.45) is 0. The molecule has 22 heavy (non-hydrogen) atoms. The van der Waals surface area contributed by atoms with Gasteiger partial charge in [0.1, 0.15) is 24.9 Å². The van der Waals surface area contributed by atoms with Crippen molar-refractivity contribution in [1.29, 1.82) is 0 Å². The molecule has 1 fully saturated rings. The fourth-order valence-electron chi connectivity index (χ4n) is 2.73. The number of methoxy groups -OCH3 is 1. The van der Waals surface area contributed by atoms with Crippen molar-refractivity contribution in [3.63, 3.8) is 0 Å². The minimum Gasteiger partial charge on any atom is -0.497 e. The molecule has 0 saturated carbocycles. The van der Waals surface area contributed by atoms with Crippen LogP contribution in [0.3, 0.4) is 0 Å². The van der Waals surface area contributed by atoms with Crippen LogP contribution in [-0.4, -0.2) is 51.6 Å². The summed E-state index contributed by atoms with van der Waals surface area (Å²) in [5, 5.41) is 7.19. The Morgan fingerprint density at radius 3 is 2.55 bits per heavy atom. The third-order valence-electron chi connectivity index (χ3n) is 3.95. The minimum absolute atomic E-state index is 0.353. The number of rotatable bonds is 6. The van der Waals surface area contributed by atoms with Gasteiger partial charge in [-0.25, -0.2) is 0 Å². The number of thiocarbonyl (C=S) groups is 1. The second-order valence-corrected chi connectivity index (χ2v) is 5.74. The van der Waals surface area contributed by atoms with E-state index in [0.717, 1.165) is 45.1 Å². The molecule has 0 aliphatic carbocycles. The lowest BCUT2D eigenvalue weighted by Crippen LogP contribution is -3.15. The molecule has 2 rings (SSSR count). The second-order valence-electron chi connectivity index (χ2n) is 5.34. The molecular weight excluding hydrogens is 298 g/mol. The standard InChI is InChI=1S/C16H25N3O2S/c1-3-17-16(22)18-12-15(19-8-10-21-11-9-19)13-4-6-14(20-2)7-5-13/h4-7,15H,3,8-12H2,1-2H3,(H2,17,18,22)/p+1/t15-/m0/s1. The van der Waals surface area contributed by atoms with Gasteiger partial charge in [0.2, 0.25) is 0 Å². The fourth-order valence-corrected chi connectivity index (χ4v) is 2.96. The Balaban J connectivity index is 2.07. The van der Waals surface area contributed by atoms with Crippen molar-refractivity contribution in [2.45, 2.75) is 13.0 Å². The largest absolute Gasteiger partial charge is 0.497 e. The lowest BCUT2D eigenvalue weighted by Gasteiger charge is -2.32. The third kappa shape index (κ3) is 4.83. The second kappa shape index (κ2) is 8.92. The molecule has 5 nitrogen and oxygen atoms in total. The van der Waals surface area contributed by atoms with Gasteiger partial charge in [-0.15, -0.1) is 0 Å². The molecule has 122 valence electrons. The number of hydrogen-bond acceptors (Lipinski definition) is 3. The molecule has 1 aromatic rings. The van der Waals surface area contributed by atoms with Crippen LogP contribution in [0.2, 0.25) is 0 Å². The number of nitrogens with one attached hydrogen (secondary N) is 3. The smallest absolute Gasteiger partial charge is 0.166 e. The Kier molecular flexibility index (Phi) is 6.89. The SMILES string of the molecule is CCNC(=S)NC[C@@H](c1ccc(OC)cc1)[NH+]1CCOCC1. The quantitative estimate of drug-likeness (QED) is 0.650. The number of hydrogen-bond donors (Lipinski definition) is 3. The van der Waals surface area contributed by atoms with Crippen molar-refractivity contribution >= 4 is 17.3 Å². The third-order valence-corrected chi connectivity index (χ3v) is 4.24. The van der Waals surface area contributed by atoms with Crippen molar-refractivity contribution in [3.8, 4) is 5.75 Å². The molecule has 6 heteroatoms. The fraction of sp³-hybridized carbons (Fsp3) is 0.562. The zero-order chi connectivity index (χ0) is 15.8. The highest BCUT2D eigenvalue weighted by atomic mass is 32.1. The van der Waals surface area contributed by atoms with Gasteiger partial charge in [-0.2, -0.15) is 0 Å². The first-order chi connectivity index (χ1) is 10.7. The van der Waals surface area contributed by atoms with Gasteiger partial charge in [0.15, 0.2) is 5.11 Å². The molecule has 0 spiro atoms. The molecule has 0 unspecified atom stereocenters. The van der Waals surface area contributed by atoms with E-state index in [1.807, 2.05) is 19.1 Å². The topological polar surface area (TPSA) is 47.0 Å².